The molecule has 0 radical (unpaired) electrons. The molecule has 0 heterocycles. The summed E-state index contributed by atoms with van der Waals surface area (Å²) >= 11 is 0. The molecular formula is C42H31N3. The summed E-state index contributed by atoms with van der Waals surface area (Å²) in [7, 11) is 0. The molecule has 0 amide bonds. The average Bonchev–Trinajstić information content (AvgIpc) is 3.08. The van der Waals surface area contributed by atoms with E-state index in [1.807, 2.05) is 18.2 Å². The lowest BCUT2D eigenvalue weighted by Crippen LogP contribution is -2.10. The molecule has 7 aromatic carbocycles. The van der Waals surface area contributed by atoms with Crippen LogP contribution in [0.2, 0.25) is 0 Å². The summed E-state index contributed by atoms with van der Waals surface area (Å²) in [6, 6.07) is 47.2. The molecule has 0 aliphatic rings. The van der Waals surface area contributed by atoms with Crippen LogP contribution >= 0.6 is 0 Å². The lowest BCUT2D eigenvalue weighted by molar-refractivity contribution is 1.29. The van der Waals surface area contributed by atoms with Crippen LogP contribution in [0.5, 0.6) is 0 Å². The van der Waals surface area contributed by atoms with Crippen molar-refractivity contribution in [3.8, 4) is 6.07 Å². The Morgan fingerprint density at radius 2 is 1.22 bits per heavy atom. The van der Waals surface area contributed by atoms with Crippen LogP contribution in [0.4, 0.5) is 22.7 Å². The first-order chi connectivity index (χ1) is 22.0. The fraction of sp³-hybridized carbons (Fsp3) is 0.0476. The Labute approximate surface area is 263 Å². The molecule has 0 fully saturated rings. The molecule has 3 heteroatoms. The molecular weight excluding hydrogens is 546 g/mol. The predicted octanol–water partition coefficient (Wildman–Crippen LogP) is 11.6. The molecule has 214 valence electrons. The van der Waals surface area contributed by atoms with E-state index in [9.17, 15) is 5.26 Å². The third-order valence-electron chi connectivity index (χ3n) is 8.46. The number of rotatable bonds is 6. The Bertz CT molecular complexity index is 2300. The molecule has 0 atom stereocenters. The van der Waals surface area contributed by atoms with Crippen molar-refractivity contribution in [2.75, 3.05) is 4.90 Å². The zero-order chi connectivity index (χ0) is 30.9. The Morgan fingerprint density at radius 1 is 0.600 bits per heavy atom. The largest absolute Gasteiger partial charge is 0.310 e. The van der Waals surface area contributed by atoms with Crippen LogP contribution in [0.25, 0.3) is 44.5 Å². The van der Waals surface area contributed by atoms with Gasteiger partial charge in [0.1, 0.15) is 6.07 Å². The highest BCUT2D eigenvalue weighted by molar-refractivity contribution is 6.16. The van der Waals surface area contributed by atoms with Crippen molar-refractivity contribution >= 4 is 73.9 Å². The maximum Gasteiger partial charge on any atom is 0.102 e. The molecule has 0 spiro atoms. The topological polar surface area (TPSA) is 39.4 Å². The smallest absolute Gasteiger partial charge is 0.102 e. The van der Waals surface area contributed by atoms with E-state index in [-0.39, 0.29) is 0 Å². The van der Waals surface area contributed by atoms with Crippen molar-refractivity contribution in [1.29, 1.82) is 5.26 Å². The third-order valence-corrected chi connectivity index (χ3v) is 8.46. The average molecular weight is 578 g/mol. The summed E-state index contributed by atoms with van der Waals surface area (Å²) in [4.78, 5) is 6.58. The number of aryl methyl sites for hydroxylation is 2. The van der Waals surface area contributed by atoms with E-state index < -0.39 is 0 Å². The quantitative estimate of drug-likeness (QED) is 0.112. The Morgan fingerprint density at radius 3 is 1.98 bits per heavy atom. The summed E-state index contributed by atoms with van der Waals surface area (Å²) in [6.45, 7) is 7.96. The van der Waals surface area contributed by atoms with Gasteiger partial charge in [0.25, 0.3) is 0 Å². The van der Waals surface area contributed by atoms with E-state index in [0.717, 1.165) is 55.3 Å². The lowest BCUT2D eigenvalue weighted by Gasteiger charge is -2.27. The minimum atomic E-state index is 0.569. The summed E-state index contributed by atoms with van der Waals surface area (Å²) in [5, 5.41) is 16.3. The Hall–Kier alpha value is -5.98. The van der Waals surface area contributed by atoms with Crippen LogP contribution in [0.15, 0.2) is 132 Å². The maximum absolute atomic E-state index is 9.93. The van der Waals surface area contributed by atoms with Gasteiger partial charge in [-0.05, 0) is 84.2 Å². The Balaban J connectivity index is 1.27. The molecule has 0 unspecified atom stereocenters. The molecule has 0 saturated heterocycles. The standard InChI is InChI=1S/C42H31N3/c1-28-11-19-33(20-12-28)45(41-10-6-8-32-7-4-5-9-35(32)41)34-21-16-30(17-22-34)14-15-31-18-24-37-39(26-31)38-25-29(2)13-23-36(38)40(27-43)42(37)44-3/h4-26H,3H2,1-2H3. The van der Waals surface area contributed by atoms with Gasteiger partial charge in [-0.1, -0.05) is 114 Å². The van der Waals surface area contributed by atoms with E-state index in [0.29, 0.717) is 11.3 Å². The zero-order valence-electron chi connectivity index (χ0n) is 25.3. The van der Waals surface area contributed by atoms with Gasteiger partial charge in [-0.2, -0.15) is 5.26 Å². The van der Waals surface area contributed by atoms with E-state index in [1.165, 1.54) is 16.3 Å². The predicted molar refractivity (Wildman–Crippen MR) is 192 cm³/mol. The second kappa shape index (κ2) is 11.6. The molecule has 45 heavy (non-hydrogen) atoms. The van der Waals surface area contributed by atoms with Crippen LogP contribution in [-0.4, -0.2) is 6.72 Å². The summed E-state index contributed by atoms with van der Waals surface area (Å²) < 4.78 is 0. The number of benzene rings is 7. The first-order valence-corrected chi connectivity index (χ1v) is 15.0. The van der Waals surface area contributed by atoms with Crippen molar-refractivity contribution in [2.45, 2.75) is 13.8 Å². The maximum atomic E-state index is 9.93. The van der Waals surface area contributed by atoms with Crippen molar-refractivity contribution in [1.82, 2.24) is 0 Å². The van der Waals surface area contributed by atoms with E-state index >= 15 is 0 Å². The minimum absolute atomic E-state index is 0.569. The number of hydrogen-bond acceptors (Lipinski definition) is 3. The number of fused-ring (bicyclic) bond motifs is 4. The fourth-order valence-corrected chi connectivity index (χ4v) is 6.18. The van der Waals surface area contributed by atoms with Gasteiger partial charge in [-0.3, -0.25) is 4.99 Å². The van der Waals surface area contributed by atoms with Crippen LogP contribution in [0, 0.1) is 25.2 Å². The van der Waals surface area contributed by atoms with Gasteiger partial charge in [0.15, 0.2) is 0 Å². The molecule has 0 aliphatic heterocycles. The second-order valence-corrected chi connectivity index (χ2v) is 11.4. The second-order valence-electron chi connectivity index (χ2n) is 11.4. The van der Waals surface area contributed by atoms with Gasteiger partial charge in [0.2, 0.25) is 0 Å². The number of nitrogens with zero attached hydrogens (tertiary/aromatic N) is 3. The molecule has 0 aliphatic carbocycles. The molecule has 7 aromatic rings. The van der Waals surface area contributed by atoms with Gasteiger partial charge in [0, 0.05) is 27.5 Å². The van der Waals surface area contributed by atoms with Crippen LogP contribution in [0.3, 0.4) is 0 Å². The third kappa shape index (κ3) is 5.13. The zero-order valence-corrected chi connectivity index (χ0v) is 25.3. The molecule has 7 rings (SSSR count). The molecule has 0 aromatic heterocycles. The molecule has 0 N–H and O–H groups in total. The van der Waals surface area contributed by atoms with Gasteiger partial charge in [-0.15, -0.1) is 0 Å². The number of hydrogen-bond donors (Lipinski definition) is 0. The van der Waals surface area contributed by atoms with Crippen molar-refractivity contribution < 1.29 is 0 Å². The SMILES string of the molecule is C=Nc1c(C#N)c2ccc(C)cc2c2cc(C=Cc3ccc(N(c4ccc(C)cc4)c4cccc5ccccc45)cc3)ccc12. The number of aliphatic imine (C=N–C) groups is 1. The number of nitriles is 1. The van der Waals surface area contributed by atoms with Crippen LogP contribution in [-0.2, 0) is 0 Å². The molecule has 3 nitrogen and oxygen atoms in total. The van der Waals surface area contributed by atoms with Crippen molar-refractivity contribution in [3.05, 3.63) is 155 Å². The van der Waals surface area contributed by atoms with E-state index in [1.54, 1.807) is 0 Å². The van der Waals surface area contributed by atoms with E-state index in [2.05, 4.69) is 158 Å². The lowest BCUT2D eigenvalue weighted by atomic mass is 9.93. The highest BCUT2D eigenvalue weighted by Gasteiger charge is 2.16. The highest BCUT2D eigenvalue weighted by atomic mass is 15.1. The highest BCUT2D eigenvalue weighted by Crippen LogP contribution is 2.40. The van der Waals surface area contributed by atoms with Gasteiger partial charge < -0.3 is 4.90 Å². The summed E-state index contributed by atoms with van der Waals surface area (Å²) in [5.41, 5.74) is 9.13. The first-order valence-electron chi connectivity index (χ1n) is 15.0. The fourth-order valence-electron chi connectivity index (χ4n) is 6.18. The van der Waals surface area contributed by atoms with Crippen LogP contribution < -0.4 is 4.90 Å². The van der Waals surface area contributed by atoms with Gasteiger partial charge in [0.05, 0.1) is 16.9 Å². The first kappa shape index (κ1) is 27.8. The van der Waals surface area contributed by atoms with Crippen LogP contribution in [0.1, 0.15) is 27.8 Å². The van der Waals surface area contributed by atoms with Crippen molar-refractivity contribution in [3.63, 3.8) is 0 Å². The monoisotopic (exact) mass is 577 g/mol. The number of anilines is 3. The summed E-state index contributed by atoms with van der Waals surface area (Å²) in [6.07, 6.45) is 4.28. The summed E-state index contributed by atoms with van der Waals surface area (Å²) in [5.74, 6) is 0. The van der Waals surface area contributed by atoms with Crippen molar-refractivity contribution in [2.24, 2.45) is 4.99 Å². The molecule has 0 saturated carbocycles. The van der Waals surface area contributed by atoms with E-state index in [4.69, 9.17) is 0 Å². The van der Waals surface area contributed by atoms with Gasteiger partial charge in [-0.25, -0.2) is 0 Å². The molecule has 0 bridgehead atoms. The minimum Gasteiger partial charge on any atom is -0.310 e. The Kier molecular flexibility index (Phi) is 7.17. The normalized spacial score (nSPS) is 11.3. The van der Waals surface area contributed by atoms with Gasteiger partial charge >= 0.3 is 0 Å².